The third-order valence-corrected chi connectivity index (χ3v) is 3.71. The predicted molar refractivity (Wildman–Crippen MR) is 68.5 cm³/mol. The molecule has 0 saturated carbocycles. The average molecular weight is 234 g/mol. The Hall–Kier alpha value is -1.16. The fourth-order valence-electron chi connectivity index (χ4n) is 2.54. The summed E-state index contributed by atoms with van der Waals surface area (Å²) in [6.45, 7) is 7.56. The van der Waals surface area contributed by atoms with Crippen LogP contribution in [0.4, 0.5) is 0 Å². The number of rotatable bonds is 5. The summed E-state index contributed by atoms with van der Waals surface area (Å²) in [6.07, 6.45) is 8.59. The third kappa shape index (κ3) is 3.40. The van der Waals surface area contributed by atoms with Gasteiger partial charge in [0, 0.05) is 19.3 Å². The largest absolute Gasteiger partial charge is 0.314 e. The van der Waals surface area contributed by atoms with Crippen molar-refractivity contribution < 1.29 is 0 Å². The number of hydrogen-bond acceptors (Lipinski definition) is 3. The molecule has 2 atom stereocenters. The van der Waals surface area contributed by atoms with Gasteiger partial charge >= 0.3 is 0 Å². The Morgan fingerprint density at radius 2 is 2.41 bits per heavy atom. The maximum absolute atomic E-state index is 3.95. The van der Waals surface area contributed by atoms with Gasteiger partial charge in [-0.2, -0.15) is 0 Å². The summed E-state index contributed by atoms with van der Waals surface area (Å²) < 4.78 is 1.86. The van der Waals surface area contributed by atoms with Crippen LogP contribution < -0.4 is 5.32 Å². The molecular weight excluding hydrogens is 212 g/mol. The molecule has 2 rings (SSSR count). The average Bonchev–Trinajstić information content (AvgIpc) is 2.80. The van der Waals surface area contributed by atoms with Gasteiger partial charge in [-0.15, -0.1) is 5.10 Å². The molecule has 0 fully saturated rings. The van der Waals surface area contributed by atoms with Crippen LogP contribution in [0.2, 0.25) is 0 Å². The number of aromatic nitrogens is 3. The first-order chi connectivity index (χ1) is 8.27. The lowest BCUT2D eigenvalue weighted by molar-refractivity contribution is 0.347. The van der Waals surface area contributed by atoms with E-state index in [2.05, 4.69) is 35.6 Å². The highest BCUT2D eigenvalue weighted by Gasteiger charge is 2.21. The highest BCUT2D eigenvalue weighted by Crippen LogP contribution is 2.29. The van der Waals surface area contributed by atoms with Crippen LogP contribution in [0, 0.1) is 11.8 Å². The Morgan fingerprint density at radius 1 is 1.53 bits per heavy atom. The van der Waals surface area contributed by atoms with E-state index in [1.54, 1.807) is 11.8 Å². The quantitative estimate of drug-likeness (QED) is 0.624. The SMILES string of the molecule is CC1=CCCC(C)C1CNCCn1ccnn1. The summed E-state index contributed by atoms with van der Waals surface area (Å²) in [4.78, 5) is 0. The van der Waals surface area contributed by atoms with E-state index in [1.165, 1.54) is 12.8 Å². The van der Waals surface area contributed by atoms with Crippen LogP contribution in [0.1, 0.15) is 26.7 Å². The molecule has 0 aliphatic heterocycles. The number of hydrogen-bond donors (Lipinski definition) is 1. The molecule has 17 heavy (non-hydrogen) atoms. The van der Waals surface area contributed by atoms with E-state index in [0.717, 1.165) is 25.6 Å². The molecule has 1 aromatic heterocycles. The van der Waals surface area contributed by atoms with Crippen LogP contribution in [-0.4, -0.2) is 28.1 Å². The summed E-state index contributed by atoms with van der Waals surface area (Å²) in [6, 6.07) is 0. The minimum Gasteiger partial charge on any atom is -0.314 e. The van der Waals surface area contributed by atoms with Gasteiger partial charge in [0.25, 0.3) is 0 Å². The van der Waals surface area contributed by atoms with Crippen molar-refractivity contribution in [3.8, 4) is 0 Å². The van der Waals surface area contributed by atoms with Gasteiger partial charge in [0.2, 0.25) is 0 Å². The lowest BCUT2D eigenvalue weighted by Gasteiger charge is -2.29. The molecule has 0 bridgehead atoms. The minimum atomic E-state index is 0.708. The van der Waals surface area contributed by atoms with Gasteiger partial charge < -0.3 is 5.32 Å². The van der Waals surface area contributed by atoms with Gasteiger partial charge in [-0.1, -0.05) is 23.8 Å². The van der Waals surface area contributed by atoms with Crippen LogP contribution in [0.15, 0.2) is 24.0 Å². The lowest BCUT2D eigenvalue weighted by Crippen LogP contribution is -2.31. The molecule has 1 heterocycles. The zero-order chi connectivity index (χ0) is 12.1. The van der Waals surface area contributed by atoms with E-state index < -0.39 is 0 Å². The second-order valence-corrected chi connectivity index (χ2v) is 4.98. The molecule has 4 heteroatoms. The fourth-order valence-corrected chi connectivity index (χ4v) is 2.54. The molecule has 0 spiro atoms. The Morgan fingerprint density at radius 3 is 3.12 bits per heavy atom. The van der Waals surface area contributed by atoms with Crippen molar-refractivity contribution in [2.45, 2.75) is 33.2 Å². The molecule has 0 saturated heterocycles. The molecule has 2 unspecified atom stereocenters. The van der Waals surface area contributed by atoms with Crippen molar-refractivity contribution in [1.29, 1.82) is 0 Å². The Bertz CT molecular complexity index is 356. The third-order valence-electron chi connectivity index (χ3n) is 3.71. The fraction of sp³-hybridized carbons (Fsp3) is 0.692. The molecule has 0 amide bonds. The summed E-state index contributed by atoms with van der Waals surface area (Å²) in [5, 5.41) is 11.3. The number of allylic oxidation sites excluding steroid dienone is 1. The molecule has 94 valence electrons. The standard InChI is InChI=1S/C13H22N4/c1-11-4-3-5-12(2)13(11)10-14-6-8-17-9-7-15-16-17/h4,7,9,12-14H,3,5-6,8,10H2,1-2H3. The van der Waals surface area contributed by atoms with E-state index >= 15 is 0 Å². The van der Waals surface area contributed by atoms with Crippen molar-refractivity contribution >= 4 is 0 Å². The van der Waals surface area contributed by atoms with Crippen LogP contribution in [0.5, 0.6) is 0 Å². The van der Waals surface area contributed by atoms with Crippen LogP contribution in [0.3, 0.4) is 0 Å². The molecule has 1 N–H and O–H groups in total. The molecule has 1 aliphatic carbocycles. The number of nitrogens with one attached hydrogen (secondary N) is 1. The highest BCUT2D eigenvalue weighted by molar-refractivity contribution is 5.09. The van der Waals surface area contributed by atoms with Gasteiger partial charge in [0.15, 0.2) is 0 Å². The monoisotopic (exact) mass is 234 g/mol. The van der Waals surface area contributed by atoms with Crippen LogP contribution in [-0.2, 0) is 6.54 Å². The van der Waals surface area contributed by atoms with Crippen molar-refractivity contribution in [1.82, 2.24) is 20.3 Å². The topological polar surface area (TPSA) is 42.7 Å². The Balaban J connectivity index is 1.71. The summed E-state index contributed by atoms with van der Waals surface area (Å²) in [5.74, 6) is 1.51. The first-order valence-electron chi connectivity index (χ1n) is 6.49. The molecule has 1 aliphatic rings. The van der Waals surface area contributed by atoms with Crippen molar-refractivity contribution in [2.24, 2.45) is 11.8 Å². The van der Waals surface area contributed by atoms with Crippen molar-refractivity contribution in [2.75, 3.05) is 13.1 Å². The minimum absolute atomic E-state index is 0.708. The van der Waals surface area contributed by atoms with Crippen LogP contribution in [0.25, 0.3) is 0 Å². The highest BCUT2D eigenvalue weighted by atomic mass is 15.4. The smallest absolute Gasteiger partial charge is 0.0692 e. The van der Waals surface area contributed by atoms with E-state index in [9.17, 15) is 0 Å². The molecule has 0 aromatic carbocycles. The van der Waals surface area contributed by atoms with E-state index in [0.29, 0.717) is 5.92 Å². The maximum atomic E-state index is 3.95. The van der Waals surface area contributed by atoms with Gasteiger partial charge in [0.05, 0.1) is 12.7 Å². The molecule has 0 radical (unpaired) electrons. The molecule has 4 nitrogen and oxygen atoms in total. The van der Waals surface area contributed by atoms with E-state index in [-0.39, 0.29) is 0 Å². The first-order valence-corrected chi connectivity index (χ1v) is 6.49. The number of nitrogens with zero attached hydrogens (tertiary/aromatic N) is 3. The zero-order valence-electron chi connectivity index (χ0n) is 10.8. The molecular formula is C13H22N4. The predicted octanol–water partition coefficient (Wildman–Crippen LogP) is 1.86. The van der Waals surface area contributed by atoms with Crippen molar-refractivity contribution in [3.05, 3.63) is 24.0 Å². The maximum Gasteiger partial charge on any atom is 0.0692 e. The van der Waals surface area contributed by atoms with Gasteiger partial charge in [0.1, 0.15) is 0 Å². The second-order valence-electron chi connectivity index (χ2n) is 4.98. The first kappa shape index (κ1) is 12.3. The summed E-state index contributed by atoms with van der Waals surface area (Å²) in [5.41, 5.74) is 1.55. The summed E-state index contributed by atoms with van der Waals surface area (Å²) in [7, 11) is 0. The van der Waals surface area contributed by atoms with Gasteiger partial charge in [-0.25, -0.2) is 0 Å². The van der Waals surface area contributed by atoms with Gasteiger partial charge in [-0.05, 0) is 31.6 Å². The Labute approximate surface area is 103 Å². The lowest BCUT2D eigenvalue weighted by atomic mass is 9.80. The molecule has 1 aromatic rings. The van der Waals surface area contributed by atoms with Gasteiger partial charge in [-0.3, -0.25) is 4.68 Å². The zero-order valence-corrected chi connectivity index (χ0v) is 10.8. The normalized spacial score (nSPS) is 24.7. The van der Waals surface area contributed by atoms with E-state index in [1.807, 2.05) is 10.9 Å². The Kier molecular flexibility index (Phi) is 4.31. The second kappa shape index (κ2) is 5.96. The van der Waals surface area contributed by atoms with Crippen molar-refractivity contribution in [3.63, 3.8) is 0 Å². The summed E-state index contributed by atoms with van der Waals surface area (Å²) >= 11 is 0. The van der Waals surface area contributed by atoms with E-state index in [4.69, 9.17) is 0 Å². The van der Waals surface area contributed by atoms with Crippen LogP contribution >= 0.6 is 0 Å².